The van der Waals surface area contributed by atoms with Gasteiger partial charge in [0.2, 0.25) is 0 Å². The van der Waals surface area contributed by atoms with Crippen LogP contribution in [0.1, 0.15) is 71.7 Å². The number of aliphatic hydroxyl groups excluding tert-OH is 1. The maximum Gasteiger partial charge on any atom is 0.323 e. The van der Waals surface area contributed by atoms with Crippen LogP contribution < -0.4 is 11.1 Å². The Hall–Kier alpha value is -3.13. The Balaban J connectivity index is 1.84. The maximum absolute atomic E-state index is 12.8. The summed E-state index contributed by atoms with van der Waals surface area (Å²) in [6.45, 7) is 8.09. The summed E-state index contributed by atoms with van der Waals surface area (Å²) < 4.78 is 22.6. The molecule has 0 radical (unpaired) electrons. The number of nitrogens with two attached hydrogens (primary N) is 1. The van der Waals surface area contributed by atoms with Gasteiger partial charge < -0.3 is 40.1 Å². The Kier molecular flexibility index (Phi) is 10.5. The predicted molar refractivity (Wildman–Crippen MR) is 149 cm³/mol. The third-order valence-corrected chi connectivity index (χ3v) is 7.93. The molecule has 0 bridgehead atoms. The van der Waals surface area contributed by atoms with Gasteiger partial charge in [0.05, 0.1) is 11.4 Å². The monoisotopic (exact) mass is 577 g/mol. The van der Waals surface area contributed by atoms with Crippen molar-refractivity contribution in [2.24, 2.45) is 22.6 Å². The van der Waals surface area contributed by atoms with Crippen LogP contribution in [0.15, 0.2) is 17.1 Å². The van der Waals surface area contributed by atoms with Crippen LogP contribution in [0, 0.1) is 17.2 Å². The van der Waals surface area contributed by atoms with E-state index in [2.05, 4.69) is 15.3 Å². The fourth-order valence-electron chi connectivity index (χ4n) is 4.52. The molecule has 1 amide bonds. The van der Waals surface area contributed by atoms with Gasteiger partial charge in [0.15, 0.2) is 11.9 Å². The second-order valence-corrected chi connectivity index (χ2v) is 11.6. The Bertz CT molecular complexity index is 1140. The van der Waals surface area contributed by atoms with Crippen LogP contribution in [-0.2, 0) is 38.9 Å². The highest BCUT2D eigenvalue weighted by molar-refractivity contribution is 6.10. The summed E-state index contributed by atoms with van der Waals surface area (Å²) in [4.78, 5) is 44.9. The molecule has 1 aromatic heterocycles. The Morgan fingerprint density at radius 3 is 2.59 bits per heavy atom. The number of esters is 2. The Morgan fingerprint density at radius 1 is 1.34 bits per heavy atom. The second-order valence-electron chi connectivity index (χ2n) is 11.6. The minimum Gasteiger partial charge on any atom is -0.463 e. The first-order valence-corrected chi connectivity index (χ1v) is 13.8. The fraction of sp³-hybridized carbons (Fsp3) is 0.679. The van der Waals surface area contributed by atoms with Crippen molar-refractivity contribution in [1.82, 2.24) is 10.3 Å². The number of nitrogens with zero attached hydrogens (tertiary/aromatic N) is 1. The predicted octanol–water partition coefficient (Wildman–Crippen LogP) is 1.51. The van der Waals surface area contributed by atoms with Gasteiger partial charge in [-0.25, -0.2) is 4.99 Å². The Morgan fingerprint density at radius 2 is 2.02 bits per heavy atom. The summed E-state index contributed by atoms with van der Waals surface area (Å²) in [5.41, 5.74) is 4.08. The summed E-state index contributed by atoms with van der Waals surface area (Å²) in [6.07, 6.45) is 0.612. The number of nitrogens with one attached hydrogen (secondary N) is 3. The van der Waals surface area contributed by atoms with Crippen molar-refractivity contribution >= 4 is 30.0 Å². The zero-order valence-electron chi connectivity index (χ0n) is 24.6. The molecule has 2 fully saturated rings. The summed E-state index contributed by atoms with van der Waals surface area (Å²) in [7, 11) is 1.40. The van der Waals surface area contributed by atoms with Gasteiger partial charge in [-0.15, -0.1) is 0 Å². The number of carbonyl (C=O) groups is 3. The molecule has 13 nitrogen and oxygen atoms in total. The van der Waals surface area contributed by atoms with Crippen molar-refractivity contribution < 1.29 is 38.4 Å². The lowest BCUT2D eigenvalue weighted by atomic mass is 9.83. The normalized spacial score (nSPS) is 25.9. The molecule has 41 heavy (non-hydrogen) atoms. The number of hydrogen-bond donors (Lipinski definition) is 5. The van der Waals surface area contributed by atoms with Crippen molar-refractivity contribution in [3.05, 3.63) is 23.5 Å². The van der Waals surface area contributed by atoms with Crippen molar-refractivity contribution in [2.45, 2.75) is 95.9 Å². The third kappa shape index (κ3) is 7.39. The summed E-state index contributed by atoms with van der Waals surface area (Å²) >= 11 is 0. The van der Waals surface area contributed by atoms with Crippen molar-refractivity contribution in [3.8, 4) is 0 Å². The summed E-state index contributed by atoms with van der Waals surface area (Å²) in [5.74, 6) is -1.43. The van der Waals surface area contributed by atoms with E-state index in [1.54, 1.807) is 46.8 Å². The summed E-state index contributed by atoms with van der Waals surface area (Å²) in [5, 5.41) is 21.5. The first-order chi connectivity index (χ1) is 19.2. The minimum atomic E-state index is -1.44. The van der Waals surface area contributed by atoms with Gasteiger partial charge in [-0.2, -0.15) is 0 Å². The van der Waals surface area contributed by atoms with E-state index in [0.717, 1.165) is 25.6 Å². The number of rotatable bonds is 12. The number of carbonyl (C=O) groups excluding carboxylic acids is 3. The number of aromatic nitrogens is 1. The van der Waals surface area contributed by atoms with Gasteiger partial charge >= 0.3 is 11.9 Å². The highest BCUT2D eigenvalue weighted by Crippen LogP contribution is 2.41. The van der Waals surface area contributed by atoms with Crippen LogP contribution >= 0.6 is 0 Å². The molecule has 1 aromatic rings. The average molecular weight is 578 g/mol. The van der Waals surface area contributed by atoms with Crippen LogP contribution in [0.25, 0.3) is 0 Å². The van der Waals surface area contributed by atoms with E-state index in [1.165, 1.54) is 7.11 Å². The molecule has 3 rings (SSSR count). The second kappa shape index (κ2) is 13.2. The van der Waals surface area contributed by atoms with Crippen LogP contribution in [0.3, 0.4) is 0 Å². The lowest BCUT2D eigenvalue weighted by Crippen LogP contribution is -2.47. The van der Waals surface area contributed by atoms with E-state index in [1.807, 2.05) is 0 Å². The van der Waals surface area contributed by atoms with Crippen LogP contribution in [0.5, 0.6) is 0 Å². The van der Waals surface area contributed by atoms with Crippen molar-refractivity contribution in [3.63, 3.8) is 0 Å². The van der Waals surface area contributed by atoms with Gasteiger partial charge in [0.1, 0.15) is 42.4 Å². The molecule has 6 N–H and O–H groups in total. The minimum absolute atomic E-state index is 0.0461. The van der Waals surface area contributed by atoms with E-state index in [4.69, 9.17) is 30.1 Å². The van der Waals surface area contributed by atoms with Crippen LogP contribution in [0.4, 0.5) is 0 Å². The number of hydrogen-bond acceptors (Lipinski definition) is 10. The smallest absolute Gasteiger partial charge is 0.323 e. The molecular formula is C28H43N5O8. The molecule has 13 heteroatoms. The standard InChI is InChI=1S/C28H43N5O8/c1-15(2)21(30)25(36)40-22-18(13-39-20(34)12-16-8-7-9-16)41-28(5,23(22)35)19-11-10-17(32-19)24(31-14-29)33-26(37)27(3,4)38-6/h10-11,14-16,18,21-23,32,35H,7-9,12-13,30H2,1-6H3,(H2,29,31,33,37)/t18-,21-,22-,23-,28+/m1/s1. The number of aliphatic hydroxyl groups is 1. The average Bonchev–Trinajstić information content (AvgIpc) is 3.49. The zero-order chi connectivity index (χ0) is 30.5. The molecule has 1 saturated carbocycles. The number of aliphatic imine (C=N–C) groups is 1. The molecule has 2 heterocycles. The van der Waals surface area contributed by atoms with Crippen molar-refractivity contribution in [1.29, 1.82) is 5.41 Å². The molecule has 5 atom stereocenters. The van der Waals surface area contributed by atoms with Gasteiger partial charge in [0.25, 0.3) is 5.91 Å². The molecule has 0 aromatic carbocycles. The van der Waals surface area contributed by atoms with Crippen LogP contribution in [-0.4, -0.2) is 83.8 Å². The molecule has 2 aliphatic rings. The first kappa shape index (κ1) is 32.4. The largest absolute Gasteiger partial charge is 0.463 e. The van der Waals surface area contributed by atoms with Crippen molar-refractivity contribution in [2.75, 3.05) is 13.7 Å². The lowest BCUT2D eigenvalue weighted by molar-refractivity contribution is -0.163. The first-order valence-electron chi connectivity index (χ1n) is 13.8. The topological polar surface area (TPSA) is 198 Å². The molecular weight excluding hydrogens is 534 g/mol. The highest BCUT2D eigenvalue weighted by Gasteiger charge is 2.56. The van der Waals surface area contributed by atoms with E-state index in [0.29, 0.717) is 23.7 Å². The zero-order valence-corrected chi connectivity index (χ0v) is 24.6. The lowest BCUT2D eigenvalue weighted by Gasteiger charge is -2.27. The highest BCUT2D eigenvalue weighted by atomic mass is 16.6. The number of methoxy groups -OCH3 is 1. The Labute approximate surface area is 240 Å². The van der Waals surface area contributed by atoms with Gasteiger partial charge in [-0.1, -0.05) is 20.3 Å². The van der Waals surface area contributed by atoms with Crippen LogP contribution in [0.2, 0.25) is 0 Å². The molecule has 0 unspecified atom stereocenters. The third-order valence-electron chi connectivity index (χ3n) is 7.93. The summed E-state index contributed by atoms with van der Waals surface area (Å²) in [6, 6.07) is 2.30. The number of ether oxygens (including phenoxy) is 4. The molecule has 1 aliphatic carbocycles. The van der Waals surface area contributed by atoms with E-state index >= 15 is 0 Å². The number of amides is 1. The molecule has 228 valence electrons. The van der Waals surface area contributed by atoms with Gasteiger partial charge in [-0.05, 0) is 57.6 Å². The maximum atomic E-state index is 12.8. The number of amidine groups is 1. The van der Waals surface area contributed by atoms with E-state index in [9.17, 15) is 19.5 Å². The van der Waals surface area contributed by atoms with E-state index in [-0.39, 0.29) is 24.3 Å². The van der Waals surface area contributed by atoms with Gasteiger partial charge in [0, 0.05) is 13.5 Å². The SMILES string of the molecule is COC(C)(C)C(=O)N/C(=N/C=N)c1ccc([C@]2(C)O[C@H](COC(=O)CC3CCC3)[C@@H](OC(=O)[C@H](N)C(C)C)[C@H]2O)[nH]1. The molecule has 0 spiro atoms. The number of aromatic amines is 1. The molecule has 1 saturated heterocycles. The molecule has 1 aliphatic heterocycles. The van der Waals surface area contributed by atoms with Gasteiger partial charge in [-0.3, -0.25) is 19.8 Å². The quantitative estimate of drug-likeness (QED) is 0.139. The van der Waals surface area contributed by atoms with E-state index < -0.39 is 47.4 Å². The number of H-pyrrole nitrogens is 1. The fourth-order valence-corrected chi connectivity index (χ4v) is 4.52.